The number of amides is 1. The Labute approximate surface area is 136 Å². The van der Waals surface area contributed by atoms with Gasteiger partial charge in [-0.05, 0) is 40.6 Å². The molecule has 0 saturated carbocycles. The number of hydrogen-bond acceptors (Lipinski definition) is 5. The summed E-state index contributed by atoms with van der Waals surface area (Å²) in [6.07, 6.45) is 3.29. The minimum Gasteiger partial charge on any atom is -0.301 e. The summed E-state index contributed by atoms with van der Waals surface area (Å²) in [5.74, 6) is -0.278. The molecule has 0 unspecified atom stereocenters. The second kappa shape index (κ2) is 6.53. The summed E-state index contributed by atoms with van der Waals surface area (Å²) in [7, 11) is 1.52. The Kier molecular flexibility index (Phi) is 4.29. The second-order valence-electron chi connectivity index (χ2n) is 4.91. The lowest BCUT2D eigenvalue weighted by atomic mass is 10.2. The molecule has 0 aliphatic heterocycles. The molecule has 3 aromatic rings. The van der Waals surface area contributed by atoms with Crippen LogP contribution >= 0.6 is 11.3 Å². The summed E-state index contributed by atoms with van der Waals surface area (Å²) in [6, 6.07) is 8.35. The first-order chi connectivity index (χ1) is 11.1. The van der Waals surface area contributed by atoms with E-state index in [9.17, 15) is 9.59 Å². The van der Waals surface area contributed by atoms with Crippen molar-refractivity contribution in [3.8, 4) is 0 Å². The van der Waals surface area contributed by atoms with Crippen molar-refractivity contribution in [1.29, 1.82) is 0 Å². The van der Waals surface area contributed by atoms with Gasteiger partial charge in [-0.3, -0.25) is 14.6 Å². The lowest BCUT2D eigenvalue weighted by Crippen LogP contribution is -2.33. The first-order valence-corrected chi connectivity index (χ1v) is 7.87. The molecule has 3 heterocycles. The average molecular weight is 326 g/mol. The van der Waals surface area contributed by atoms with Crippen LogP contribution in [0.25, 0.3) is 0 Å². The van der Waals surface area contributed by atoms with Crippen molar-refractivity contribution < 1.29 is 4.79 Å². The quantitative estimate of drug-likeness (QED) is 0.736. The lowest BCUT2D eigenvalue weighted by molar-refractivity contribution is 0.0978. The number of hydrogen-bond donors (Lipinski definition) is 0. The van der Waals surface area contributed by atoms with Crippen molar-refractivity contribution in [3.05, 3.63) is 75.1 Å². The Morgan fingerprint density at radius 1 is 1.30 bits per heavy atom. The van der Waals surface area contributed by atoms with Crippen LogP contribution in [0.1, 0.15) is 16.1 Å². The summed E-state index contributed by atoms with van der Waals surface area (Å²) < 4.78 is 1.15. The summed E-state index contributed by atoms with van der Waals surface area (Å²) >= 11 is 1.57. The molecule has 7 heteroatoms. The molecule has 0 radical (unpaired) electrons. The first kappa shape index (κ1) is 15.1. The van der Waals surface area contributed by atoms with Gasteiger partial charge in [-0.1, -0.05) is 0 Å². The van der Waals surface area contributed by atoms with Crippen molar-refractivity contribution in [2.24, 2.45) is 7.05 Å². The van der Waals surface area contributed by atoms with Gasteiger partial charge in [0.15, 0.2) is 0 Å². The van der Waals surface area contributed by atoms with Gasteiger partial charge in [-0.25, -0.2) is 4.68 Å². The predicted octanol–water partition coefficient (Wildman–Crippen LogP) is 2.08. The van der Waals surface area contributed by atoms with E-state index in [0.29, 0.717) is 12.2 Å². The maximum Gasteiger partial charge on any atom is 0.279 e. The van der Waals surface area contributed by atoms with Gasteiger partial charge in [-0.2, -0.15) is 16.4 Å². The van der Waals surface area contributed by atoms with Crippen LogP contribution in [0.15, 0.2) is 58.3 Å². The Morgan fingerprint density at radius 2 is 2.17 bits per heavy atom. The van der Waals surface area contributed by atoms with E-state index in [0.717, 1.165) is 10.2 Å². The highest BCUT2D eigenvalue weighted by Gasteiger charge is 2.20. The molecule has 0 aliphatic carbocycles. The standard InChI is InChI=1S/C16H14N4O2S/c1-19-15(21)5-4-14(18-19)16(22)20(10-12-6-8-23-11-12)13-3-2-7-17-9-13/h2-9,11H,10H2,1H3. The summed E-state index contributed by atoms with van der Waals surface area (Å²) in [6.45, 7) is 0.415. The number of thiophene rings is 1. The topological polar surface area (TPSA) is 68.1 Å². The van der Waals surface area contributed by atoms with Crippen LogP contribution in [-0.2, 0) is 13.6 Å². The molecule has 6 nitrogen and oxygen atoms in total. The van der Waals surface area contributed by atoms with Crippen LogP contribution in [0.2, 0.25) is 0 Å². The van der Waals surface area contributed by atoms with E-state index in [1.54, 1.807) is 34.7 Å². The average Bonchev–Trinajstić information content (AvgIpc) is 3.08. The number of aromatic nitrogens is 3. The van der Waals surface area contributed by atoms with Crippen molar-refractivity contribution in [3.63, 3.8) is 0 Å². The highest BCUT2D eigenvalue weighted by atomic mass is 32.1. The van der Waals surface area contributed by atoms with Crippen LogP contribution in [0, 0.1) is 0 Å². The van der Waals surface area contributed by atoms with E-state index in [1.807, 2.05) is 22.9 Å². The Bertz CT molecular complexity index is 859. The first-order valence-electron chi connectivity index (χ1n) is 6.92. The van der Waals surface area contributed by atoms with Gasteiger partial charge >= 0.3 is 0 Å². The van der Waals surface area contributed by atoms with Crippen LogP contribution < -0.4 is 10.5 Å². The molecule has 0 aromatic carbocycles. The highest BCUT2D eigenvalue weighted by Crippen LogP contribution is 2.19. The van der Waals surface area contributed by atoms with E-state index < -0.39 is 0 Å². The van der Waals surface area contributed by atoms with E-state index in [-0.39, 0.29) is 17.2 Å². The molecule has 1 amide bonds. The van der Waals surface area contributed by atoms with Crippen molar-refractivity contribution in [2.75, 3.05) is 4.90 Å². The maximum atomic E-state index is 12.9. The predicted molar refractivity (Wildman–Crippen MR) is 88.5 cm³/mol. The largest absolute Gasteiger partial charge is 0.301 e. The Morgan fingerprint density at radius 3 is 2.83 bits per heavy atom. The van der Waals surface area contributed by atoms with E-state index >= 15 is 0 Å². The number of anilines is 1. The smallest absolute Gasteiger partial charge is 0.279 e. The van der Waals surface area contributed by atoms with Crippen LogP contribution in [0.5, 0.6) is 0 Å². The van der Waals surface area contributed by atoms with Crippen LogP contribution in [-0.4, -0.2) is 20.7 Å². The van der Waals surface area contributed by atoms with Gasteiger partial charge < -0.3 is 4.90 Å². The number of aryl methyl sites for hydroxylation is 1. The molecular formula is C16H14N4O2S. The molecule has 0 fully saturated rings. The summed E-state index contributed by atoms with van der Waals surface area (Å²) in [5, 5.41) is 8.00. The van der Waals surface area contributed by atoms with E-state index in [1.165, 1.54) is 19.2 Å². The zero-order chi connectivity index (χ0) is 16.2. The van der Waals surface area contributed by atoms with Gasteiger partial charge in [0, 0.05) is 19.3 Å². The van der Waals surface area contributed by atoms with E-state index in [2.05, 4.69) is 10.1 Å². The van der Waals surface area contributed by atoms with Gasteiger partial charge in [0.25, 0.3) is 11.5 Å². The maximum absolute atomic E-state index is 12.9. The SMILES string of the molecule is Cn1nc(C(=O)N(Cc2ccsc2)c2cccnc2)ccc1=O. The normalized spacial score (nSPS) is 10.5. The monoisotopic (exact) mass is 326 g/mol. The molecule has 3 aromatic heterocycles. The number of carbonyl (C=O) groups excluding carboxylic acids is 1. The Hall–Kier alpha value is -2.80. The van der Waals surface area contributed by atoms with Crippen molar-refractivity contribution in [1.82, 2.24) is 14.8 Å². The summed E-state index contributed by atoms with van der Waals surface area (Å²) in [5.41, 5.74) is 1.66. The molecular weight excluding hydrogens is 312 g/mol. The molecule has 3 rings (SSSR count). The third kappa shape index (κ3) is 3.35. The Balaban J connectivity index is 1.98. The highest BCUT2D eigenvalue weighted by molar-refractivity contribution is 7.07. The fourth-order valence-electron chi connectivity index (χ4n) is 2.11. The molecule has 0 saturated heterocycles. The van der Waals surface area contributed by atoms with Gasteiger partial charge in [0.05, 0.1) is 18.4 Å². The summed E-state index contributed by atoms with van der Waals surface area (Å²) in [4.78, 5) is 30.0. The fourth-order valence-corrected chi connectivity index (χ4v) is 2.77. The lowest BCUT2D eigenvalue weighted by Gasteiger charge is -2.21. The molecule has 0 spiro atoms. The molecule has 0 N–H and O–H groups in total. The fraction of sp³-hybridized carbons (Fsp3) is 0.125. The number of carbonyl (C=O) groups is 1. The van der Waals surface area contributed by atoms with Gasteiger partial charge in [0.1, 0.15) is 5.69 Å². The molecule has 23 heavy (non-hydrogen) atoms. The minimum absolute atomic E-state index is 0.214. The minimum atomic E-state index is -0.278. The molecule has 0 bridgehead atoms. The van der Waals surface area contributed by atoms with Crippen LogP contribution in [0.3, 0.4) is 0 Å². The number of rotatable bonds is 4. The zero-order valence-electron chi connectivity index (χ0n) is 12.4. The molecule has 0 atom stereocenters. The third-order valence-corrected chi connectivity index (χ3v) is 4.04. The van der Waals surface area contributed by atoms with Gasteiger partial charge in [-0.15, -0.1) is 0 Å². The van der Waals surface area contributed by atoms with Crippen LogP contribution in [0.4, 0.5) is 5.69 Å². The zero-order valence-corrected chi connectivity index (χ0v) is 13.2. The third-order valence-electron chi connectivity index (χ3n) is 3.30. The second-order valence-corrected chi connectivity index (χ2v) is 5.69. The number of nitrogens with zero attached hydrogens (tertiary/aromatic N) is 4. The van der Waals surface area contributed by atoms with Gasteiger partial charge in [0.2, 0.25) is 0 Å². The van der Waals surface area contributed by atoms with E-state index in [4.69, 9.17) is 0 Å². The molecule has 116 valence electrons. The van der Waals surface area contributed by atoms with Crippen molar-refractivity contribution in [2.45, 2.75) is 6.54 Å². The van der Waals surface area contributed by atoms with Crippen molar-refractivity contribution >= 4 is 22.9 Å². The number of pyridine rings is 1. The molecule has 0 aliphatic rings.